The van der Waals surface area contributed by atoms with Gasteiger partial charge < -0.3 is 37.8 Å². The predicted octanol–water partition coefficient (Wildman–Crippen LogP) is -0.299. The minimum atomic E-state index is -1.12. The number of nitrogens with zero attached hydrogens (tertiary/aromatic N) is 2. The second-order valence-electron chi connectivity index (χ2n) is 9.71. The summed E-state index contributed by atoms with van der Waals surface area (Å²) in [6.45, 7) is 4.17. The lowest BCUT2D eigenvalue weighted by Gasteiger charge is -2.30. The van der Waals surface area contributed by atoms with E-state index in [0.717, 1.165) is 5.56 Å². The average Bonchev–Trinajstić information content (AvgIpc) is 3.38. The molecule has 1 aliphatic heterocycles. The van der Waals surface area contributed by atoms with Gasteiger partial charge in [-0.15, -0.1) is 0 Å². The van der Waals surface area contributed by atoms with Gasteiger partial charge >= 0.3 is 5.97 Å². The maximum atomic E-state index is 13.6. The van der Waals surface area contributed by atoms with Crippen LogP contribution in [0.5, 0.6) is 0 Å². The Morgan fingerprint density at radius 2 is 1.84 bits per heavy atom. The van der Waals surface area contributed by atoms with Gasteiger partial charge in [-0.2, -0.15) is 0 Å². The molecular formula is C26H41N7O5. The summed E-state index contributed by atoms with van der Waals surface area (Å²) in [7, 11) is 0. The van der Waals surface area contributed by atoms with E-state index < -0.39 is 47.9 Å². The lowest BCUT2D eigenvalue weighted by atomic mass is 9.98. The van der Waals surface area contributed by atoms with Crippen LogP contribution in [0.25, 0.3) is 0 Å². The SMILES string of the molecule is CCC(C)C(NC(=O)C1CCCN1C(=O)C(CCCN=C(N)N)NC(=O)C(N)Cc1ccccc1)C(=O)O. The monoisotopic (exact) mass is 531 g/mol. The van der Waals surface area contributed by atoms with Crippen LogP contribution in [0.15, 0.2) is 35.3 Å². The number of benzene rings is 1. The molecule has 0 spiro atoms. The number of nitrogens with one attached hydrogen (secondary N) is 2. The number of aliphatic carboxylic acids is 1. The number of nitrogens with two attached hydrogens (primary N) is 3. The second kappa shape index (κ2) is 14.9. The van der Waals surface area contributed by atoms with Crippen molar-refractivity contribution in [1.82, 2.24) is 15.5 Å². The molecule has 210 valence electrons. The van der Waals surface area contributed by atoms with Gasteiger partial charge in [-0.05, 0) is 43.6 Å². The molecule has 5 unspecified atom stereocenters. The van der Waals surface area contributed by atoms with Crippen LogP contribution in [0.1, 0.15) is 51.5 Å². The highest BCUT2D eigenvalue weighted by Crippen LogP contribution is 2.21. The zero-order chi connectivity index (χ0) is 28.2. The number of hydrogen-bond acceptors (Lipinski definition) is 6. The third-order valence-corrected chi connectivity index (χ3v) is 6.81. The number of amides is 3. The Bertz CT molecular complexity index is 983. The van der Waals surface area contributed by atoms with E-state index in [2.05, 4.69) is 15.6 Å². The van der Waals surface area contributed by atoms with Crippen molar-refractivity contribution >= 4 is 29.7 Å². The fourth-order valence-electron chi connectivity index (χ4n) is 4.44. The Morgan fingerprint density at radius 1 is 1.16 bits per heavy atom. The molecular weight excluding hydrogens is 490 g/mol. The molecule has 1 fully saturated rings. The van der Waals surface area contributed by atoms with Gasteiger partial charge in [0.25, 0.3) is 0 Å². The van der Waals surface area contributed by atoms with Gasteiger partial charge in [-0.25, -0.2) is 4.79 Å². The van der Waals surface area contributed by atoms with Gasteiger partial charge in [0.15, 0.2) is 5.96 Å². The summed E-state index contributed by atoms with van der Waals surface area (Å²) in [5, 5.41) is 14.9. The molecule has 2 rings (SSSR count). The van der Waals surface area contributed by atoms with Crippen LogP contribution in [0, 0.1) is 5.92 Å². The third kappa shape index (κ3) is 9.02. The van der Waals surface area contributed by atoms with Crippen molar-refractivity contribution < 1.29 is 24.3 Å². The molecule has 0 bridgehead atoms. The smallest absolute Gasteiger partial charge is 0.326 e. The van der Waals surface area contributed by atoms with Crippen molar-refractivity contribution in [2.24, 2.45) is 28.1 Å². The van der Waals surface area contributed by atoms with Crippen molar-refractivity contribution in [1.29, 1.82) is 0 Å². The molecule has 12 heteroatoms. The van der Waals surface area contributed by atoms with E-state index >= 15 is 0 Å². The van der Waals surface area contributed by atoms with Gasteiger partial charge in [-0.1, -0.05) is 50.6 Å². The normalized spacial score (nSPS) is 18.1. The summed E-state index contributed by atoms with van der Waals surface area (Å²) in [6.07, 6.45) is 2.47. The van der Waals surface area contributed by atoms with Crippen LogP contribution in [0.4, 0.5) is 0 Å². The highest BCUT2D eigenvalue weighted by molar-refractivity contribution is 5.94. The molecule has 1 aromatic carbocycles. The number of likely N-dealkylation sites (tertiary alicyclic amines) is 1. The lowest BCUT2D eigenvalue weighted by Crippen LogP contribution is -2.57. The largest absolute Gasteiger partial charge is 0.480 e. The molecule has 9 N–H and O–H groups in total. The quantitative estimate of drug-likeness (QED) is 0.106. The van der Waals surface area contributed by atoms with E-state index in [4.69, 9.17) is 17.2 Å². The minimum absolute atomic E-state index is 0.0765. The standard InChI is InChI=1S/C26H41N7O5/c1-3-16(2)21(25(37)38)32-23(35)20-12-8-14-33(20)24(36)19(11-7-13-30-26(28)29)31-22(34)18(27)15-17-9-5-4-6-10-17/h4-6,9-10,16,18-21H,3,7-8,11-15,27H2,1-2H3,(H,31,34)(H,32,35)(H,37,38)(H4,28,29,30). The fourth-order valence-corrected chi connectivity index (χ4v) is 4.44. The Hall–Kier alpha value is -3.67. The Balaban J connectivity index is 2.15. The first-order valence-electron chi connectivity index (χ1n) is 13.0. The number of rotatable bonds is 14. The Morgan fingerprint density at radius 3 is 2.45 bits per heavy atom. The van der Waals surface area contributed by atoms with E-state index in [1.165, 1.54) is 4.90 Å². The van der Waals surface area contributed by atoms with Crippen LogP contribution in [-0.2, 0) is 25.6 Å². The third-order valence-electron chi connectivity index (χ3n) is 6.81. The van der Waals surface area contributed by atoms with E-state index in [1.807, 2.05) is 37.3 Å². The highest BCUT2D eigenvalue weighted by Gasteiger charge is 2.39. The van der Waals surface area contributed by atoms with Crippen molar-refractivity contribution in [3.8, 4) is 0 Å². The van der Waals surface area contributed by atoms with E-state index in [0.29, 0.717) is 38.6 Å². The minimum Gasteiger partial charge on any atom is -0.480 e. The van der Waals surface area contributed by atoms with Crippen LogP contribution >= 0.6 is 0 Å². The molecule has 1 aromatic rings. The van der Waals surface area contributed by atoms with Crippen LogP contribution in [0.2, 0.25) is 0 Å². The molecule has 0 radical (unpaired) electrons. The first kappa shape index (κ1) is 30.6. The lowest BCUT2D eigenvalue weighted by molar-refractivity contribution is -0.146. The maximum Gasteiger partial charge on any atom is 0.326 e. The summed E-state index contributed by atoms with van der Waals surface area (Å²) in [5.41, 5.74) is 17.8. The highest BCUT2D eigenvalue weighted by atomic mass is 16.4. The maximum absolute atomic E-state index is 13.6. The summed E-state index contributed by atoms with van der Waals surface area (Å²) in [4.78, 5) is 56.7. The first-order valence-corrected chi connectivity index (χ1v) is 13.0. The molecule has 1 saturated heterocycles. The van der Waals surface area contributed by atoms with Crippen LogP contribution in [-0.4, -0.2) is 76.9 Å². The van der Waals surface area contributed by atoms with Crippen LogP contribution < -0.4 is 27.8 Å². The molecule has 38 heavy (non-hydrogen) atoms. The number of carbonyl (C=O) groups is 4. The zero-order valence-corrected chi connectivity index (χ0v) is 22.1. The van der Waals surface area contributed by atoms with Gasteiger partial charge in [0.05, 0.1) is 6.04 Å². The van der Waals surface area contributed by atoms with Gasteiger partial charge in [-0.3, -0.25) is 19.4 Å². The molecule has 12 nitrogen and oxygen atoms in total. The molecule has 1 heterocycles. The Kier molecular flexibility index (Phi) is 12.0. The summed E-state index contributed by atoms with van der Waals surface area (Å²) in [5.74, 6) is -2.92. The summed E-state index contributed by atoms with van der Waals surface area (Å²) < 4.78 is 0. The molecule has 0 saturated carbocycles. The number of hydrogen-bond donors (Lipinski definition) is 6. The number of carbonyl (C=O) groups excluding carboxylic acids is 3. The second-order valence-corrected chi connectivity index (χ2v) is 9.71. The van der Waals surface area contributed by atoms with Crippen molar-refractivity contribution in [2.75, 3.05) is 13.1 Å². The first-order chi connectivity index (χ1) is 18.0. The van der Waals surface area contributed by atoms with E-state index in [-0.39, 0.29) is 24.8 Å². The van der Waals surface area contributed by atoms with E-state index in [9.17, 15) is 24.3 Å². The number of carboxylic acids is 1. The number of carboxylic acid groups (broad SMARTS) is 1. The van der Waals surface area contributed by atoms with Crippen molar-refractivity contribution in [3.05, 3.63) is 35.9 Å². The molecule has 5 atom stereocenters. The van der Waals surface area contributed by atoms with Crippen molar-refractivity contribution in [2.45, 2.75) is 76.5 Å². The predicted molar refractivity (Wildman–Crippen MR) is 144 cm³/mol. The van der Waals surface area contributed by atoms with Crippen LogP contribution in [0.3, 0.4) is 0 Å². The fraction of sp³-hybridized carbons (Fsp3) is 0.577. The molecule has 1 aliphatic rings. The van der Waals surface area contributed by atoms with Crippen molar-refractivity contribution in [3.63, 3.8) is 0 Å². The summed E-state index contributed by atoms with van der Waals surface area (Å²) >= 11 is 0. The number of guanidine groups is 1. The topological polar surface area (TPSA) is 206 Å². The van der Waals surface area contributed by atoms with Gasteiger partial charge in [0.2, 0.25) is 17.7 Å². The summed E-state index contributed by atoms with van der Waals surface area (Å²) in [6, 6.07) is 5.58. The van der Waals surface area contributed by atoms with E-state index in [1.54, 1.807) is 6.92 Å². The van der Waals surface area contributed by atoms with Gasteiger partial charge in [0.1, 0.15) is 18.1 Å². The number of aliphatic imine (C=N–C) groups is 1. The average molecular weight is 532 g/mol. The van der Waals surface area contributed by atoms with Gasteiger partial charge in [0, 0.05) is 13.1 Å². The zero-order valence-electron chi connectivity index (χ0n) is 22.1. The molecule has 0 aromatic heterocycles. The molecule has 0 aliphatic carbocycles. The Labute approximate surface area is 223 Å². The molecule has 3 amide bonds.